The van der Waals surface area contributed by atoms with Crippen LogP contribution < -0.4 is 5.32 Å². The molecule has 0 aromatic carbocycles. The minimum absolute atomic E-state index is 0.636. The molecule has 1 aliphatic heterocycles. The third-order valence-corrected chi connectivity index (χ3v) is 2.32. The van der Waals surface area contributed by atoms with E-state index in [-0.39, 0.29) is 0 Å². The second-order valence-corrected chi connectivity index (χ2v) is 4.05. The highest BCUT2D eigenvalue weighted by Crippen LogP contribution is 2.06. The summed E-state index contributed by atoms with van der Waals surface area (Å²) in [4.78, 5) is 0. The van der Waals surface area contributed by atoms with Gasteiger partial charge in [-0.05, 0) is 31.7 Å². The zero-order valence-electron chi connectivity index (χ0n) is 8.31. The van der Waals surface area contributed by atoms with Crippen molar-refractivity contribution in [1.29, 1.82) is 0 Å². The molecule has 0 aromatic heterocycles. The lowest BCUT2D eigenvalue weighted by Gasteiger charge is -2.11. The summed E-state index contributed by atoms with van der Waals surface area (Å²) in [5.74, 6) is 0.765. The van der Waals surface area contributed by atoms with Crippen LogP contribution >= 0.6 is 0 Å². The van der Waals surface area contributed by atoms with Crippen LogP contribution in [0.2, 0.25) is 0 Å². The number of hydrogen-bond acceptors (Lipinski definition) is 2. The van der Waals surface area contributed by atoms with Gasteiger partial charge in [0.25, 0.3) is 0 Å². The zero-order chi connectivity index (χ0) is 8.81. The first kappa shape index (κ1) is 10.0. The number of rotatable bonds is 5. The molecule has 1 heterocycles. The van der Waals surface area contributed by atoms with Crippen molar-refractivity contribution >= 4 is 0 Å². The predicted octanol–water partition coefficient (Wildman–Crippen LogP) is 1.80. The maximum atomic E-state index is 5.57. The first-order chi connectivity index (χ1) is 5.79. The standard InChI is InChI=1S/C10H21NO/c1-9(2)5-7-12-8-10-4-3-6-11-10/h9-11H,3-8H2,1-2H3. The van der Waals surface area contributed by atoms with Gasteiger partial charge in [0.05, 0.1) is 6.61 Å². The lowest BCUT2D eigenvalue weighted by atomic mass is 10.1. The second-order valence-electron chi connectivity index (χ2n) is 4.05. The quantitative estimate of drug-likeness (QED) is 0.637. The summed E-state index contributed by atoms with van der Waals surface area (Å²) in [6.45, 7) is 7.48. The van der Waals surface area contributed by atoms with Crippen molar-refractivity contribution in [1.82, 2.24) is 5.32 Å². The third-order valence-electron chi connectivity index (χ3n) is 2.32. The molecule has 0 bridgehead atoms. The molecular weight excluding hydrogens is 150 g/mol. The van der Waals surface area contributed by atoms with Crippen LogP contribution in [0.15, 0.2) is 0 Å². The van der Waals surface area contributed by atoms with Crippen LogP contribution in [0.3, 0.4) is 0 Å². The molecule has 0 saturated carbocycles. The fraction of sp³-hybridized carbons (Fsp3) is 1.00. The van der Waals surface area contributed by atoms with Crippen LogP contribution in [0.4, 0.5) is 0 Å². The van der Waals surface area contributed by atoms with Gasteiger partial charge in [0.15, 0.2) is 0 Å². The van der Waals surface area contributed by atoms with E-state index in [4.69, 9.17) is 4.74 Å². The summed E-state index contributed by atoms with van der Waals surface area (Å²) in [6, 6.07) is 0.636. The molecule has 0 aliphatic carbocycles. The largest absolute Gasteiger partial charge is 0.380 e. The van der Waals surface area contributed by atoms with Gasteiger partial charge in [-0.2, -0.15) is 0 Å². The summed E-state index contributed by atoms with van der Waals surface area (Å²) in [5.41, 5.74) is 0. The molecule has 1 rings (SSSR count). The molecule has 1 saturated heterocycles. The molecule has 0 radical (unpaired) electrons. The van der Waals surface area contributed by atoms with Gasteiger partial charge in [-0.3, -0.25) is 0 Å². The monoisotopic (exact) mass is 171 g/mol. The Bertz CT molecular complexity index is 108. The van der Waals surface area contributed by atoms with E-state index in [1.165, 1.54) is 25.8 Å². The second kappa shape index (κ2) is 5.55. The molecule has 12 heavy (non-hydrogen) atoms. The molecule has 2 nitrogen and oxygen atoms in total. The normalized spacial score (nSPS) is 23.8. The summed E-state index contributed by atoms with van der Waals surface area (Å²) < 4.78 is 5.57. The van der Waals surface area contributed by atoms with Gasteiger partial charge in [0, 0.05) is 12.6 Å². The summed E-state index contributed by atoms with van der Waals surface area (Å²) in [7, 11) is 0. The van der Waals surface area contributed by atoms with Crippen LogP contribution in [-0.4, -0.2) is 25.8 Å². The van der Waals surface area contributed by atoms with Crippen molar-refractivity contribution in [3.8, 4) is 0 Å². The maximum absolute atomic E-state index is 5.57. The van der Waals surface area contributed by atoms with E-state index >= 15 is 0 Å². The van der Waals surface area contributed by atoms with Crippen LogP contribution in [0, 0.1) is 5.92 Å². The van der Waals surface area contributed by atoms with Gasteiger partial charge in [-0.25, -0.2) is 0 Å². The molecule has 1 aliphatic rings. The van der Waals surface area contributed by atoms with Crippen molar-refractivity contribution in [2.45, 2.75) is 39.2 Å². The minimum atomic E-state index is 0.636. The highest BCUT2D eigenvalue weighted by Gasteiger charge is 2.13. The van der Waals surface area contributed by atoms with E-state index in [9.17, 15) is 0 Å². The van der Waals surface area contributed by atoms with Gasteiger partial charge < -0.3 is 10.1 Å². The van der Waals surface area contributed by atoms with E-state index in [1.807, 2.05) is 0 Å². The molecule has 2 heteroatoms. The van der Waals surface area contributed by atoms with Crippen LogP contribution in [0.25, 0.3) is 0 Å². The molecule has 1 N–H and O–H groups in total. The van der Waals surface area contributed by atoms with Gasteiger partial charge >= 0.3 is 0 Å². The van der Waals surface area contributed by atoms with E-state index in [1.54, 1.807) is 0 Å². The average Bonchev–Trinajstić information content (AvgIpc) is 2.49. The lowest BCUT2D eigenvalue weighted by molar-refractivity contribution is 0.107. The van der Waals surface area contributed by atoms with Crippen molar-refractivity contribution in [3.63, 3.8) is 0 Å². The number of ether oxygens (including phenoxy) is 1. The minimum Gasteiger partial charge on any atom is -0.380 e. The SMILES string of the molecule is CC(C)CCOCC1CCCN1. The molecule has 0 amide bonds. The Kier molecular flexibility index (Phi) is 4.62. The summed E-state index contributed by atoms with van der Waals surface area (Å²) in [5, 5.41) is 3.42. The molecule has 1 atom stereocenters. The lowest BCUT2D eigenvalue weighted by Crippen LogP contribution is -2.27. The molecular formula is C10H21NO. The van der Waals surface area contributed by atoms with Crippen molar-refractivity contribution in [2.24, 2.45) is 5.92 Å². The zero-order valence-corrected chi connectivity index (χ0v) is 8.31. The van der Waals surface area contributed by atoms with Crippen molar-refractivity contribution in [2.75, 3.05) is 19.8 Å². The Hall–Kier alpha value is -0.0800. The Morgan fingerprint density at radius 3 is 2.92 bits per heavy atom. The van der Waals surface area contributed by atoms with E-state index < -0.39 is 0 Å². The molecule has 0 aromatic rings. The predicted molar refractivity (Wildman–Crippen MR) is 51.3 cm³/mol. The number of hydrogen-bond donors (Lipinski definition) is 1. The van der Waals surface area contributed by atoms with Crippen LogP contribution in [0.1, 0.15) is 33.1 Å². The van der Waals surface area contributed by atoms with Crippen LogP contribution in [0.5, 0.6) is 0 Å². The van der Waals surface area contributed by atoms with Gasteiger partial charge in [0.1, 0.15) is 0 Å². The van der Waals surface area contributed by atoms with Gasteiger partial charge in [-0.1, -0.05) is 13.8 Å². The summed E-state index contributed by atoms with van der Waals surface area (Å²) >= 11 is 0. The van der Waals surface area contributed by atoms with Gasteiger partial charge in [-0.15, -0.1) is 0 Å². The fourth-order valence-corrected chi connectivity index (χ4v) is 1.44. The van der Waals surface area contributed by atoms with Crippen molar-refractivity contribution < 1.29 is 4.74 Å². The Morgan fingerprint density at radius 2 is 2.33 bits per heavy atom. The first-order valence-electron chi connectivity index (χ1n) is 5.10. The highest BCUT2D eigenvalue weighted by atomic mass is 16.5. The van der Waals surface area contributed by atoms with E-state index in [2.05, 4.69) is 19.2 Å². The Labute approximate surface area is 75.7 Å². The highest BCUT2D eigenvalue weighted by molar-refractivity contribution is 4.73. The molecule has 1 fully saturated rings. The Balaban J connectivity index is 1.88. The van der Waals surface area contributed by atoms with Crippen molar-refractivity contribution in [3.05, 3.63) is 0 Å². The molecule has 1 unspecified atom stereocenters. The van der Waals surface area contributed by atoms with Crippen LogP contribution in [-0.2, 0) is 4.74 Å². The molecule has 72 valence electrons. The number of nitrogens with one attached hydrogen (secondary N) is 1. The summed E-state index contributed by atoms with van der Waals surface area (Å²) in [6.07, 6.45) is 3.80. The van der Waals surface area contributed by atoms with E-state index in [0.29, 0.717) is 6.04 Å². The smallest absolute Gasteiger partial charge is 0.0619 e. The topological polar surface area (TPSA) is 21.3 Å². The fourth-order valence-electron chi connectivity index (χ4n) is 1.44. The van der Waals surface area contributed by atoms with Gasteiger partial charge in [0.2, 0.25) is 0 Å². The molecule has 0 spiro atoms. The third kappa shape index (κ3) is 4.07. The van der Waals surface area contributed by atoms with E-state index in [0.717, 1.165) is 19.1 Å². The maximum Gasteiger partial charge on any atom is 0.0619 e. The Morgan fingerprint density at radius 1 is 1.50 bits per heavy atom. The first-order valence-corrected chi connectivity index (χ1v) is 5.10. The average molecular weight is 171 g/mol.